The Morgan fingerprint density at radius 2 is 0.795 bits per heavy atom. The predicted octanol–water partition coefficient (Wildman–Crippen LogP) is 16.9. The molecule has 3 aromatic heterocycles. The average Bonchev–Trinajstić information content (AvgIpc) is 3.91. The molecular weight excluding hydrogens is 1060 g/mol. The molecule has 346 valence electrons. The van der Waals surface area contributed by atoms with Crippen LogP contribution < -0.4 is 0 Å². The van der Waals surface area contributed by atoms with Gasteiger partial charge in [-0.2, -0.15) is 0 Å². The molecule has 9 aromatic carbocycles. The summed E-state index contributed by atoms with van der Waals surface area (Å²) >= 11 is 0. The first-order chi connectivity index (χ1) is 35.6. The van der Waals surface area contributed by atoms with Gasteiger partial charge < -0.3 is 14.5 Å². The summed E-state index contributed by atoms with van der Waals surface area (Å²) in [5.74, 6) is 0.881. The van der Waals surface area contributed by atoms with Crippen LogP contribution in [0.2, 0.25) is 0 Å². The van der Waals surface area contributed by atoms with E-state index in [1.807, 2.05) is 72.8 Å². The molecule has 3 heterocycles. The molecule has 0 aliphatic rings. The van der Waals surface area contributed by atoms with Crippen LogP contribution in [0, 0.1) is 18.2 Å². The van der Waals surface area contributed by atoms with E-state index in [1.54, 1.807) is 0 Å². The molecule has 12 aromatic rings. The molecule has 0 amide bonds. The molecule has 0 atom stereocenters. The Balaban J connectivity index is 0.00000574. The van der Waals surface area contributed by atoms with Crippen molar-refractivity contribution in [2.45, 2.75) is 0 Å². The maximum atomic E-state index is 5.07. The van der Waals surface area contributed by atoms with Crippen LogP contribution in [0.15, 0.2) is 255 Å². The molecule has 12 rings (SSSR count). The van der Waals surface area contributed by atoms with E-state index in [2.05, 4.69) is 217 Å². The Kier molecular flexibility index (Phi) is 13.3. The van der Waals surface area contributed by atoms with Crippen LogP contribution in [-0.2, 0) is 27.2 Å². The summed E-state index contributed by atoms with van der Waals surface area (Å²) < 4.78 is 2.02. The summed E-state index contributed by atoms with van der Waals surface area (Å²) in [5, 5.41) is 0. The second-order valence-electron chi connectivity index (χ2n) is 17.9. The van der Waals surface area contributed by atoms with Crippen LogP contribution in [0.3, 0.4) is 0 Å². The molecule has 0 bridgehead atoms. The van der Waals surface area contributed by atoms with E-state index in [-0.39, 0.29) is 20.1 Å². The van der Waals surface area contributed by atoms with E-state index in [9.17, 15) is 0 Å². The molecule has 0 unspecified atom stereocenters. The molecule has 5 heteroatoms. The minimum atomic E-state index is 0. The fourth-order valence-electron chi connectivity index (χ4n) is 9.67. The first-order valence-electron chi connectivity index (χ1n) is 24.1. The van der Waals surface area contributed by atoms with Gasteiger partial charge >= 0.3 is 20.1 Å². The third-order valence-corrected chi connectivity index (χ3v) is 13.4. The monoisotopic (exact) mass is 1110 g/mol. The number of hydrogen-bond donors (Lipinski definition) is 0. The maximum Gasteiger partial charge on any atom is 3.00 e. The standard InChI is InChI=1S/C68H45N4.Ir/c1-72-40-39-69-68(72)52-33-31-50(32-34-52)60-21-8-11-24-63(60)57-42-58(64-25-12-9-22-61(64)55-35-37-66(70-45-55)51-17-6-3-7-18-51)44-59(43-57)65-26-13-10-23-62(65)56-36-38-67(71-46-56)54-20-14-19-53(41-54)49-29-27-48(28-30-49)47-15-4-2-5-16-47;/h2-17,19,21-33,35-46H,1H3;/q-3;+3. The van der Waals surface area contributed by atoms with E-state index in [4.69, 9.17) is 9.97 Å². The van der Waals surface area contributed by atoms with Crippen LogP contribution in [0.4, 0.5) is 0 Å². The zero-order valence-corrected chi connectivity index (χ0v) is 42.3. The molecule has 0 saturated heterocycles. The fourth-order valence-corrected chi connectivity index (χ4v) is 9.67. The summed E-state index contributed by atoms with van der Waals surface area (Å²) in [5.41, 5.74) is 22.4. The van der Waals surface area contributed by atoms with Crippen molar-refractivity contribution in [3.05, 3.63) is 274 Å². The molecule has 4 nitrogen and oxygen atoms in total. The topological polar surface area (TPSA) is 43.6 Å². The van der Waals surface area contributed by atoms with Crippen molar-refractivity contribution in [2.24, 2.45) is 7.05 Å². The Morgan fingerprint density at radius 1 is 0.329 bits per heavy atom. The second kappa shape index (κ2) is 20.8. The van der Waals surface area contributed by atoms with E-state index in [0.717, 1.165) is 112 Å². The quantitative estimate of drug-likeness (QED) is 0.121. The van der Waals surface area contributed by atoms with Gasteiger partial charge in [0.1, 0.15) is 0 Å². The van der Waals surface area contributed by atoms with Crippen LogP contribution in [-0.4, -0.2) is 19.5 Å². The van der Waals surface area contributed by atoms with Crippen molar-refractivity contribution >= 4 is 0 Å². The Morgan fingerprint density at radius 3 is 1.29 bits per heavy atom. The van der Waals surface area contributed by atoms with Crippen molar-refractivity contribution in [1.82, 2.24) is 19.5 Å². The Hall–Kier alpha value is -8.86. The number of aryl methyl sites for hydroxylation is 1. The van der Waals surface area contributed by atoms with E-state index in [0.29, 0.717) is 0 Å². The van der Waals surface area contributed by atoms with Crippen LogP contribution in [0.5, 0.6) is 0 Å². The van der Waals surface area contributed by atoms with E-state index in [1.165, 1.54) is 11.1 Å². The van der Waals surface area contributed by atoms with Gasteiger partial charge in [0.2, 0.25) is 0 Å². The zero-order chi connectivity index (χ0) is 48.2. The number of aromatic nitrogens is 4. The van der Waals surface area contributed by atoms with E-state index < -0.39 is 0 Å². The first kappa shape index (κ1) is 46.5. The number of imidazole rings is 1. The van der Waals surface area contributed by atoms with Gasteiger partial charge in [-0.05, 0) is 102 Å². The van der Waals surface area contributed by atoms with Crippen molar-refractivity contribution in [3.63, 3.8) is 0 Å². The molecule has 0 aliphatic heterocycles. The molecule has 0 fully saturated rings. The van der Waals surface area contributed by atoms with Gasteiger partial charge in [0, 0.05) is 31.8 Å². The molecule has 73 heavy (non-hydrogen) atoms. The van der Waals surface area contributed by atoms with Gasteiger partial charge in [-0.3, -0.25) is 4.98 Å². The van der Waals surface area contributed by atoms with Gasteiger partial charge in [-0.25, -0.2) is 0 Å². The Bertz CT molecular complexity index is 3830. The summed E-state index contributed by atoms with van der Waals surface area (Å²) in [6, 6.07) is 91.6. The van der Waals surface area contributed by atoms with Crippen LogP contribution >= 0.6 is 0 Å². The van der Waals surface area contributed by atoms with Crippen molar-refractivity contribution < 1.29 is 20.1 Å². The minimum Gasteiger partial charge on any atom is -0.373 e. The van der Waals surface area contributed by atoms with Gasteiger partial charge in [0.15, 0.2) is 0 Å². The number of pyridine rings is 2. The molecule has 0 aliphatic carbocycles. The first-order valence-corrected chi connectivity index (χ1v) is 24.1. The summed E-state index contributed by atoms with van der Waals surface area (Å²) in [4.78, 5) is 14.6. The van der Waals surface area contributed by atoms with E-state index >= 15 is 0 Å². The van der Waals surface area contributed by atoms with Gasteiger partial charge in [0.25, 0.3) is 0 Å². The number of rotatable bonds is 11. The van der Waals surface area contributed by atoms with Gasteiger partial charge in [-0.15, -0.1) is 101 Å². The molecule has 0 radical (unpaired) electrons. The number of benzene rings is 9. The Labute approximate surface area is 440 Å². The fraction of sp³-hybridized carbons (Fsp3) is 0.0147. The van der Waals surface area contributed by atoms with Gasteiger partial charge in [-0.1, -0.05) is 163 Å². The normalized spacial score (nSPS) is 11.0. The summed E-state index contributed by atoms with van der Waals surface area (Å²) in [6.45, 7) is 0. The van der Waals surface area contributed by atoms with Crippen molar-refractivity contribution in [1.29, 1.82) is 0 Å². The average molecular weight is 1110 g/mol. The number of hydrogen-bond acceptors (Lipinski definition) is 3. The van der Waals surface area contributed by atoms with Crippen LogP contribution in [0.25, 0.3) is 123 Å². The zero-order valence-electron chi connectivity index (χ0n) is 39.9. The molecular formula is C68H45IrN4. The van der Waals surface area contributed by atoms with Crippen LogP contribution in [0.1, 0.15) is 0 Å². The maximum absolute atomic E-state index is 5.07. The summed E-state index contributed by atoms with van der Waals surface area (Å²) in [6.07, 6.45) is 7.75. The van der Waals surface area contributed by atoms with Gasteiger partial charge in [0.05, 0.1) is 5.82 Å². The predicted molar refractivity (Wildman–Crippen MR) is 295 cm³/mol. The minimum absolute atomic E-state index is 0. The molecule has 0 spiro atoms. The third-order valence-electron chi connectivity index (χ3n) is 13.4. The number of nitrogens with zero attached hydrogens (tertiary/aromatic N) is 4. The third kappa shape index (κ3) is 9.68. The summed E-state index contributed by atoms with van der Waals surface area (Å²) in [7, 11) is 2.01. The van der Waals surface area contributed by atoms with Crippen molar-refractivity contribution in [2.75, 3.05) is 0 Å². The molecule has 0 N–H and O–H groups in total. The van der Waals surface area contributed by atoms with Crippen molar-refractivity contribution in [3.8, 4) is 123 Å². The largest absolute Gasteiger partial charge is 3.00 e. The second-order valence-corrected chi connectivity index (χ2v) is 17.9. The smallest absolute Gasteiger partial charge is 0.373 e. The SMILES string of the molecule is Cn1ccnc1-c1[c-]cc(-c2ccccc2-c2cc(-c3ccccc3-c3ccc(-c4[c-]cccc4)nc3)cc(-c3ccccc3-c3ccc(-c4[c-]ccc(-c5ccc(-c6ccccc6)cc5)c4)nc3)c2)cc1.[Ir+3]. The molecule has 0 saturated carbocycles.